The number of benzene rings is 2. The zero-order chi connectivity index (χ0) is 19.6. The van der Waals surface area contributed by atoms with Crippen molar-refractivity contribution in [1.29, 1.82) is 0 Å². The average Bonchev–Trinajstić information content (AvgIpc) is 2.76. The molecule has 0 N–H and O–H groups in total. The highest BCUT2D eigenvalue weighted by molar-refractivity contribution is 5.46. The van der Waals surface area contributed by atoms with E-state index in [0.29, 0.717) is 0 Å². The van der Waals surface area contributed by atoms with Gasteiger partial charge in [0.2, 0.25) is 0 Å². The van der Waals surface area contributed by atoms with Crippen molar-refractivity contribution in [3.05, 3.63) is 70.8 Å². The molecule has 0 bridgehead atoms. The van der Waals surface area contributed by atoms with E-state index < -0.39 is 0 Å². The highest BCUT2D eigenvalue weighted by atomic mass is 14.3. The Morgan fingerprint density at radius 1 is 0.714 bits per heavy atom. The van der Waals surface area contributed by atoms with Crippen LogP contribution in [0, 0.1) is 29.6 Å². The van der Waals surface area contributed by atoms with E-state index in [1.54, 1.807) is 0 Å². The summed E-state index contributed by atoms with van der Waals surface area (Å²) in [6.45, 7) is 4.37. The van der Waals surface area contributed by atoms with Gasteiger partial charge in [-0.1, -0.05) is 68.9 Å². The van der Waals surface area contributed by atoms with Gasteiger partial charge in [-0.15, -0.1) is 0 Å². The summed E-state index contributed by atoms with van der Waals surface area (Å²) in [6, 6.07) is 17.2. The van der Waals surface area contributed by atoms with E-state index >= 15 is 0 Å². The zero-order valence-corrected chi connectivity index (χ0v) is 17.4. The second-order valence-electron chi connectivity index (χ2n) is 7.96. The molecule has 0 spiro atoms. The Hall–Kier alpha value is -2.44. The van der Waals surface area contributed by atoms with Crippen LogP contribution in [0.3, 0.4) is 0 Å². The molecule has 0 aliphatic heterocycles. The standard InChI is InChI=1S/C28H32/c1-3-5-7-23-9-11-25(12-10-23)13-14-26-17-21-28(22-18-26)27-19-15-24(16-20-27)8-6-4-2/h9-12,17-18,21-22,24,27H,3-4,6,8,15-16,19-20H2,1-2H3/t24-,27-. The van der Waals surface area contributed by atoms with Crippen molar-refractivity contribution in [3.8, 4) is 23.7 Å². The monoisotopic (exact) mass is 368 g/mol. The van der Waals surface area contributed by atoms with Crippen molar-refractivity contribution in [2.45, 2.75) is 71.1 Å². The summed E-state index contributed by atoms with van der Waals surface area (Å²) in [7, 11) is 0. The summed E-state index contributed by atoms with van der Waals surface area (Å²) in [5.41, 5.74) is 4.69. The van der Waals surface area contributed by atoms with Crippen LogP contribution in [-0.2, 0) is 0 Å². The van der Waals surface area contributed by atoms with Gasteiger partial charge in [0.25, 0.3) is 0 Å². The van der Waals surface area contributed by atoms with Crippen molar-refractivity contribution in [2.24, 2.45) is 5.92 Å². The average molecular weight is 369 g/mol. The Labute approximate surface area is 171 Å². The van der Waals surface area contributed by atoms with E-state index in [1.165, 1.54) is 50.5 Å². The number of hydrogen-bond acceptors (Lipinski definition) is 0. The normalized spacial score (nSPS) is 18.5. The molecular formula is C28H32. The van der Waals surface area contributed by atoms with Crippen LogP contribution in [0.1, 0.15) is 93.4 Å². The van der Waals surface area contributed by atoms with Gasteiger partial charge in [-0.25, -0.2) is 0 Å². The molecule has 28 heavy (non-hydrogen) atoms. The Kier molecular flexibility index (Phi) is 7.82. The Balaban J connectivity index is 1.56. The first-order valence-corrected chi connectivity index (χ1v) is 11.0. The maximum Gasteiger partial charge on any atom is 0.0249 e. The predicted molar refractivity (Wildman–Crippen MR) is 120 cm³/mol. The third-order valence-corrected chi connectivity index (χ3v) is 5.84. The molecule has 2 aromatic rings. The van der Waals surface area contributed by atoms with Crippen LogP contribution in [0.15, 0.2) is 48.5 Å². The first-order chi connectivity index (χ1) is 13.8. The molecule has 1 aliphatic carbocycles. The lowest BCUT2D eigenvalue weighted by Crippen LogP contribution is -2.13. The van der Waals surface area contributed by atoms with Crippen molar-refractivity contribution in [2.75, 3.05) is 0 Å². The molecule has 0 aromatic heterocycles. The van der Waals surface area contributed by atoms with E-state index in [4.69, 9.17) is 0 Å². The molecule has 0 radical (unpaired) electrons. The van der Waals surface area contributed by atoms with Crippen LogP contribution in [-0.4, -0.2) is 0 Å². The van der Waals surface area contributed by atoms with Gasteiger partial charge in [-0.2, -0.15) is 0 Å². The first-order valence-electron chi connectivity index (χ1n) is 11.0. The molecule has 0 heteroatoms. The maximum atomic E-state index is 3.30. The summed E-state index contributed by atoms with van der Waals surface area (Å²) in [6.07, 6.45) is 10.6. The fourth-order valence-corrected chi connectivity index (χ4v) is 4.09. The minimum Gasteiger partial charge on any atom is -0.0982 e. The van der Waals surface area contributed by atoms with Crippen molar-refractivity contribution >= 4 is 0 Å². The largest absolute Gasteiger partial charge is 0.0982 e. The minimum atomic E-state index is 0.747. The van der Waals surface area contributed by atoms with E-state index in [2.05, 4.69) is 73.9 Å². The molecule has 144 valence electrons. The highest BCUT2D eigenvalue weighted by Crippen LogP contribution is 2.37. The van der Waals surface area contributed by atoms with Crippen molar-refractivity contribution < 1.29 is 0 Å². The first kappa shape index (κ1) is 20.3. The minimum absolute atomic E-state index is 0.747. The smallest absolute Gasteiger partial charge is 0.0249 e. The van der Waals surface area contributed by atoms with Gasteiger partial charge in [-0.05, 0) is 79.5 Å². The quantitative estimate of drug-likeness (QED) is 0.496. The second kappa shape index (κ2) is 10.8. The number of rotatable bonds is 4. The van der Waals surface area contributed by atoms with Gasteiger partial charge < -0.3 is 0 Å². The topological polar surface area (TPSA) is 0 Å². The molecule has 0 heterocycles. The summed E-state index contributed by atoms with van der Waals surface area (Å²) in [4.78, 5) is 0. The molecule has 0 saturated heterocycles. The van der Waals surface area contributed by atoms with Crippen LogP contribution in [0.5, 0.6) is 0 Å². The lowest BCUT2D eigenvalue weighted by Gasteiger charge is -2.28. The summed E-state index contributed by atoms with van der Waals surface area (Å²) in [5, 5.41) is 0. The Morgan fingerprint density at radius 2 is 1.25 bits per heavy atom. The van der Waals surface area contributed by atoms with Crippen LogP contribution < -0.4 is 0 Å². The van der Waals surface area contributed by atoms with E-state index in [-0.39, 0.29) is 0 Å². The highest BCUT2D eigenvalue weighted by Gasteiger charge is 2.21. The zero-order valence-electron chi connectivity index (χ0n) is 17.4. The van der Waals surface area contributed by atoms with Crippen molar-refractivity contribution in [1.82, 2.24) is 0 Å². The van der Waals surface area contributed by atoms with E-state index in [1.807, 2.05) is 12.1 Å². The summed E-state index contributed by atoms with van der Waals surface area (Å²) in [5.74, 6) is 14.5. The SMILES string of the molecule is CCC#Cc1ccc(C#Cc2ccc([C@H]3CC[C@H](CCCC)CC3)cc2)cc1. The lowest BCUT2D eigenvalue weighted by molar-refractivity contribution is 0.304. The molecule has 1 saturated carbocycles. The van der Waals surface area contributed by atoms with Crippen LogP contribution in [0.2, 0.25) is 0 Å². The van der Waals surface area contributed by atoms with Crippen LogP contribution in [0.25, 0.3) is 0 Å². The molecule has 2 aromatic carbocycles. The molecule has 0 nitrogen and oxygen atoms in total. The fourth-order valence-electron chi connectivity index (χ4n) is 4.09. The van der Waals surface area contributed by atoms with E-state index in [9.17, 15) is 0 Å². The van der Waals surface area contributed by atoms with Gasteiger partial charge in [0.15, 0.2) is 0 Å². The van der Waals surface area contributed by atoms with Gasteiger partial charge in [0.05, 0.1) is 0 Å². The summed E-state index contributed by atoms with van der Waals surface area (Å²) >= 11 is 0. The fraction of sp³-hybridized carbons (Fsp3) is 0.429. The van der Waals surface area contributed by atoms with Gasteiger partial charge in [0.1, 0.15) is 0 Å². The van der Waals surface area contributed by atoms with E-state index in [0.717, 1.165) is 34.9 Å². The molecule has 0 unspecified atom stereocenters. The Bertz CT molecular complexity index is 839. The number of unbranched alkanes of at least 4 members (excludes halogenated alkanes) is 1. The lowest BCUT2D eigenvalue weighted by atomic mass is 9.77. The van der Waals surface area contributed by atoms with Crippen LogP contribution in [0.4, 0.5) is 0 Å². The summed E-state index contributed by atoms with van der Waals surface area (Å²) < 4.78 is 0. The maximum absolute atomic E-state index is 3.30. The molecule has 0 amide bonds. The van der Waals surface area contributed by atoms with Crippen molar-refractivity contribution in [3.63, 3.8) is 0 Å². The van der Waals surface area contributed by atoms with Gasteiger partial charge >= 0.3 is 0 Å². The second-order valence-corrected chi connectivity index (χ2v) is 7.96. The molecular weight excluding hydrogens is 336 g/mol. The van der Waals surface area contributed by atoms with Gasteiger partial charge in [0, 0.05) is 23.1 Å². The third kappa shape index (κ3) is 6.04. The van der Waals surface area contributed by atoms with Crippen LogP contribution >= 0.6 is 0 Å². The molecule has 0 atom stereocenters. The molecule has 1 fully saturated rings. The van der Waals surface area contributed by atoms with Gasteiger partial charge in [-0.3, -0.25) is 0 Å². The number of hydrogen-bond donors (Lipinski definition) is 0. The Morgan fingerprint density at radius 3 is 1.79 bits per heavy atom. The molecule has 3 rings (SSSR count). The molecule has 1 aliphatic rings. The third-order valence-electron chi connectivity index (χ3n) is 5.84. The predicted octanol–water partition coefficient (Wildman–Crippen LogP) is 7.31.